The molecule has 4 nitrogen and oxygen atoms in total. The van der Waals surface area contributed by atoms with Gasteiger partial charge in [-0.2, -0.15) is 0 Å². The summed E-state index contributed by atoms with van der Waals surface area (Å²) in [7, 11) is 0. The van der Waals surface area contributed by atoms with Crippen LogP contribution in [0.4, 0.5) is 0 Å². The smallest absolute Gasteiger partial charge is 0.249 e. The molecule has 0 atom stereocenters. The molecule has 0 aliphatic rings. The SMILES string of the molecule is O=c1ccc2ccc(-c3ccccn3)nc2[nH]1. The predicted octanol–water partition coefficient (Wildman–Crippen LogP) is 1.99. The normalized spacial score (nSPS) is 10.6. The van der Waals surface area contributed by atoms with E-state index in [-0.39, 0.29) is 5.56 Å². The Labute approximate surface area is 97.0 Å². The summed E-state index contributed by atoms with van der Waals surface area (Å²) >= 11 is 0. The van der Waals surface area contributed by atoms with Gasteiger partial charge in [0.15, 0.2) is 0 Å². The van der Waals surface area contributed by atoms with E-state index in [1.54, 1.807) is 12.3 Å². The second-order valence-electron chi connectivity index (χ2n) is 3.67. The number of aromatic nitrogens is 3. The lowest BCUT2D eigenvalue weighted by atomic mass is 10.2. The van der Waals surface area contributed by atoms with Gasteiger partial charge in [-0.1, -0.05) is 6.07 Å². The first-order valence-corrected chi connectivity index (χ1v) is 5.24. The molecule has 0 spiro atoms. The lowest BCUT2D eigenvalue weighted by Gasteiger charge is -2.01. The Morgan fingerprint density at radius 3 is 2.65 bits per heavy atom. The maximum atomic E-state index is 11.2. The number of H-pyrrole nitrogens is 1. The zero-order chi connectivity index (χ0) is 11.7. The number of fused-ring (bicyclic) bond motifs is 1. The van der Waals surface area contributed by atoms with Crippen molar-refractivity contribution in [3.8, 4) is 11.4 Å². The van der Waals surface area contributed by atoms with Crippen molar-refractivity contribution >= 4 is 11.0 Å². The number of rotatable bonds is 1. The minimum Gasteiger partial charge on any atom is -0.307 e. The van der Waals surface area contributed by atoms with Crippen LogP contribution in [0.5, 0.6) is 0 Å². The highest BCUT2D eigenvalue weighted by Crippen LogP contribution is 2.16. The Bertz CT molecular complexity index is 719. The van der Waals surface area contributed by atoms with Crippen molar-refractivity contribution in [3.63, 3.8) is 0 Å². The molecule has 3 heterocycles. The highest BCUT2D eigenvalue weighted by molar-refractivity contribution is 5.77. The molecular formula is C13H9N3O. The lowest BCUT2D eigenvalue weighted by molar-refractivity contribution is 1.21. The molecule has 0 aromatic carbocycles. The summed E-state index contributed by atoms with van der Waals surface area (Å²) in [6.07, 6.45) is 1.72. The summed E-state index contributed by atoms with van der Waals surface area (Å²) in [5.41, 5.74) is 1.97. The van der Waals surface area contributed by atoms with E-state index in [1.165, 1.54) is 6.07 Å². The van der Waals surface area contributed by atoms with Crippen LogP contribution in [0.3, 0.4) is 0 Å². The van der Waals surface area contributed by atoms with Crippen molar-refractivity contribution in [2.75, 3.05) is 0 Å². The summed E-state index contributed by atoms with van der Waals surface area (Å²) in [5, 5.41) is 0.907. The van der Waals surface area contributed by atoms with Crippen molar-refractivity contribution in [2.45, 2.75) is 0 Å². The molecule has 3 rings (SSSR count). The van der Waals surface area contributed by atoms with Gasteiger partial charge in [0.25, 0.3) is 0 Å². The van der Waals surface area contributed by atoms with Gasteiger partial charge in [-0.3, -0.25) is 9.78 Å². The summed E-state index contributed by atoms with van der Waals surface area (Å²) < 4.78 is 0. The quantitative estimate of drug-likeness (QED) is 0.686. The predicted molar refractivity (Wildman–Crippen MR) is 65.6 cm³/mol. The van der Waals surface area contributed by atoms with Crippen LogP contribution in [0.1, 0.15) is 0 Å². The zero-order valence-electron chi connectivity index (χ0n) is 8.92. The number of pyridine rings is 3. The third kappa shape index (κ3) is 1.80. The van der Waals surface area contributed by atoms with Crippen LogP contribution in [-0.4, -0.2) is 15.0 Å². The van der Waals surface area contributed by atoms with E-state index >= 15 is 0 Å². The Kier molecular flexibility index (Phi) is 2.19. The molecule has 0 fully saturated rings. The van der Waals surface area contributed by atoms with E-state index in [1.807, 2.05) is 30.3 Å². The maximum absolute atomic E-state index is 11.2. The molecule has 3 aromatic heterocycles. The molecule has 4 heteroatoms. The Morgan fingerprint density at radius 2 is 1.82 bits per heavy atom. The van der Waals surface area contributed by atoms with Gasteiger partial charge >= 0.3 is 0 Å². The molecule has 17 heavy (non-hydrogen) atoms. The minimum absolute atomic E-state index is 0.150. The topological polar surface area (TPSA) is 58.6 Å². The Balaban J connectivity index is 2.23. The van der Waals surface area contributed by atoms with Crippen LogP contribution in [0.2, 0.25) is 0 Å². The molecule has 1 N–H and O–H groups in total. The first-order chi connectivity index (χ1) is 8.33. The Morgan fingerprint density at radius 1 is 0.941 bits per heavy atom. The molecular weight excluding hydrogens is 214 g/mol. The number of hydrogen-bond donors (Lipinski definition) is 1. The summed E-state index contributed by atoms with van der Waals surface area (Å²) in [4.78, 5) is 22.5. The third-order valence-corrected chi connectivity index (χ3v) is 2.51. The van der Waals surface area contributed by atoms with Gasteiger partial charge in [-0.05, 0) is 30.3 Å². The average molecular weight is 223 g/mol. The fourth-order valence-corrected chi connectivity index (χ4v) is 1.69. The van der Waals surface area contributed by atoms with E-state index < -0.39 is 0 Å². The molecule has 0 amide bonds. The van der Waals surface area contributed by atoms with Crippen LogP contribution in [0, 0.1) is 0 Å². The number of nitrogens with zero attached hydrogens (tertiary/aromatic N) is 2. The average Bonchev–Trinajstić information content (AvgIpc) is 2.39. The van der Waals surface area contributed by atoms with Crippen LogP contribution in [-0.2, 0) is 0 Å². The van der Waals surface area contributed by atoms with Gasteiger partial charge in [0, 0.05) is 17.6 Å². The van der Waals surface area contributed by atoms with E-state index in [9.17, 15) is 4.79 Å². The maximum Gasteiger partial charge on any atom is 0.249 e. The summed E-state index contributed by atoms with van der Waals surface area (Å²) in [5.74, 6) is 0. The fraction of sp³-hybridized carbons (Fsp3) is 0. The zero-order valence-corrected chi connectivity index (χ0v) is 8.92. The third-order valence-electron chi connectivity index (χ3n) is 2.51. The molecule has 0 saturated carbocycles. The van der Waals surface area contributed by atoms with Gasteiger partial charge in [0.1, 0.15) is 5.65 Å². The van der Waals surface area contributed by atoms with Gasteiger partial charge in [0.05, 0.1) is 11.4 Å². The van der Waals surface area contributed by atoms with Crippen molar-refractivity contribution in [1.29, 1.82) is 0 Å². The van der Waals surface area contributed by atoms with Crippen LogP contribution in [0.15, 0.2) is 53.5 Å². The van der Waals surface area contributed by atoms with Crippen LogP contribution in [0.25, 0.3) is 22.4 Å². The first-order valence-electron chi connectivity index (χ1n) is 5.24. The first kappa shape index (κ1) is 9.72. The summed E-state index contributed by atoms with van der Waals surface area (Å²) in [6.45, 7) is 0. The van der Waals surface area contributed by atoms with Gasteiger partial charge in [-0.15, -0.1) is 0 Å². The second kappa shape index (κ2) is 3.83. The van der Waals surface area contributed by atoms with E-state index in [2.05, 4.69) is 15.0 Å². The molecule has 0 radical (unpaired) electrons. The molecule has 0 saturated heterocycles. The lowest BCUT2D eigenvalue weighted by Crippen LogP contribution is -2.03. The number of nitrogens with one attached hydrogen (secondary N) is 1. The van der Waals surface area contributed by atoms with Crippen molar-refractivity contribution in [1.82, 2.24) is 15.0 Å². The fourth-order valence-electron chi connectivity index (χ4n) is 1.69. The van der Waals surface area contributed by atoms with E-state index in [4.69, 9.17) is 0 Å². The standard InChI is InChI=1S/C13H9N3O/c17-12-7-5-9-4-6-11(15-13(9)16-12)10-3-1-2-8-14-10/h1-8H,(H,15,16,17). The molecule has 0 unspecified atom stereocenters. The Hall–Kier alpha value is -2.49. The van der Waals surface area contributed by atoms with E-state index in [0.717, 1.165) is 16.8 Å². The number of hydrogen-bond acceptors (Lipinski definition) is 3. The highest BCUT2D eigenvalue weighted by Gasteiger charge is 2.02. The largest absolute Gasteiger partial charge is 0.307 e. The van der Waals surface area contributed by atoms with Crippen molar-refractivity contribution < 1.29 is 0 Å². The molecule has 0 aliphatic carbocycles. The molecule has 3 aromatic rings. The molecule has 0 aliphatic heterocycles. The molecule has 0 bridgehead atoms. The monoisotopic (exact) mass is 223 g/mol. The van der Waals surface area contributed by atoms with Crippen LogP contribution >= 0.6 is 0 Å². The van der Waals surface area contributed by atoms with Gasteiger partial charge in [0.2, 0.25) is 5.56 Å². The minimum atomic E-state index is -0.150. The van der Waals surface area contributed by atoms with Gasteiger partial charge < -0.3 is 4.98 Å². The van der Waals surface area contributed by atoms with Gasteiger partial charge in [-0.25, -0.2) is 4.98 Å². The summed E-state index contributed by atoms with van der Waals surface area (Å²) in [6, 6.07) is 12.7. The highest BCUT2D eigenvalue weighted by atomic mass is 16.1. The number of aromatic amines is 1. The molecule has 82 valence electrons. The second-order valence-corrected chi connectivity index (χ2v) is 3.67. The van der Waals surface area contributed by atoms with E-state index in [0.29, 0.717) is 5.65 Å². The van der Waals surface area contributed by atoms with Crippen LogP contribution < -0.4 is 5.56 Å². The van der Waals surface area contributed by atoms with Crippen molar-refractivity contribution in [2.24, 2.45) is 0 Å². The van der Waals surface area contributed by atoms with Crippen molar-refractivity contribution in [3.05, 3.63) is 59.0 Å².